The van der Waals surface area contributed by atoms with Gasteiger partial charge in [0.2, 0.25) is 0 Å². The molecule has 6 nitrogen and oxygen atoms in total. The summed E-state index contributed by atoms with van der Waals surface area (Å²) in [6, 6.07) is 25.5. The molecule has 0 aliphatic heterocycles. The van der Waals surface area contributed by atoms with E-state index in [-0.39, 0.29) is 5.69 Å². The van der Waals surface area contributed by atoms with Gasteiger partial charge in [-0.2, -0.15) is 5.10 Å². The second kappa shape index (κ2) is 9.43. The lowest BCUT2D eigenvalue weighted by Gasteiger charge is -2.15. The number of nitro benzene ring substituents is 1. The fourth-order valence-electron chi connectivity index (χ4n) is 2.79. The largest absolute Gasteiger partial charge is 0.387 e. The first kappa shape index (κ1) is 19.3. The molecule has 0 amide bonds. The molecule has 0 heterocycles. The number of non-ortho nitro benzene ring substituents is 1. The maximum atomic E-state index is 10.8. The smallest absolute Gasteiger partial charge is 0.269 e. The van der Waals surface area contributed by atoms with Gasteiger partial charge < -0.3 is 5.11 Å². The van der Waals surface area contributed by atoms with Crippen molar-refractivity contribution >= 4 is 17.1 Å². The van der Waals surface area contributed by atoms with Crippen LogP contribution >= 0.6 is 0 Å². The van der Waals surface area contributed by atoms with Crippen LogP contribution in [0.2, 0.25) is 0 Å². The lowest BCUT2D eigenvalue weighted by Crippen LogP contribution is -2.26. The Labute approximate surface area is 163 Å². The van der Waals surface area contributed by atoms with Crippen LogP contribution in [-0.4, -0.2) is 21.8 Å². The topological polar surface area (TPSA) is 87.8 Å². The molecule has 3 aromatic carbocycles. The molecule has 0 radical (unpaired) electrons. The number of nitrogens with one attached hydrogen (secondary N) is 1. The molecule has 0 bridgehead atoms. The average Bonchev–Trinajstić information content (AvgIpc) is 2.73. The van der Waals surface area contributed by atoms with Crippen LogP contribution in [0.3, 0.4) is 0 Å². The van der Waals surface area contributed by atoms with Crippen molar-refractivity contribution in [3.05, 3.63) is 106 Å². The molecule has 2 N–H and O–H groups in total. The van der Waals surface area contributed by atoms with Crippen molar-refractivity contribution in [1.82, 2.24) is 0 Å². The standard InChI is InChI=1S/C22H21N3O3/c26-22(16-18-9-5-2-6-10-18)21(15-17-7-3-1-4-8-17)24-23-19-11-13-20(14-12-19)25(27)28/h1-14,22-23,26H,15-16H2/t22-/m0/s1. The van der Waals surface area contributed by atoms with E-state index in [9.17, 15) is 15.2 Å². The lowest BCUT2D eigenvalue weighted by molar-refractivity contribution is -0.384. The second-order valence-corrected chi connectivity index (χ2v) is 6.39. The minimum absolute atomic E-state index is 0.0168. The van der Waals surface area contributed by atoms with Gasteiger partial charge in [0.05, 0.1) is 22.4 Å². The molecule has 1 atom stereocenters. The Morgan fingerprint density at radius 1 is 0.929 bits per heavy atom. The Bertz CT molecular complexity index is 926. The number of aliphatic hydroxyl groups is 1. The van der Waals surface area contributed by atoms with Gasteiger partial charge >= 0.3 is 0 Å². The molecule has 3 aromatic rings. The van der Waals surface area contributed by atoms with E-state index in [1.54, 1.807) is 12.1 Å². The highest BCUT2D eigenvalue weighted by Gasteiger charge is 2.15. The molecular weight excluding hydrogens is 354 g/mol. The SMILES string of the molecule is O=[N+]([O-])c1ccc(NN=C(Cc2ccccc2)[C@@H](O)Cc2ccccc2)cc1. The van der Waals surface area contributed by atoms with Crippen LogP contribution in [-0.2, 0) is 12.8 Å². The lowest BCUT2D eigenvalue weighted by atomic mass is 9.99. The molecule has 28 heavy (non-hydrogen) atoms. The minimum atomic E-state index is -0.756. The fraction of sp³-hybridized carbons (Fsp3) is 0.136. The Kier molecular flexibility index (Phi) is 6.49. The summed E-state index contributed by atoms with van der Waals surface area (Å²) >= 11 is 0. The molecule has 0 unspecified atom stereocenters. The maximum absolute atomic E-state index is 10.8. The Hall–Kier alpha value is -3.51. The minimum Gasteiger partial charge on any atom is -0.387 e. The molecule has 0 saturated heterocycles. The quantitative estimate of drug-likeness (QED) is 0.351. The number of anilines is 1. The molecule has 6 heteroatoms. The third kappa shape index (κ3) is 5.49. The van der Waals surface area contributed by atoms with E-state index >= 15 is 0 Å². The highest BCUT2D eigenvalue weighted by molar-refractivity contribution is 5.91. The monoisotopic (exact) mass is 375 g/mol. The first-order valence-electron chi connectivity index (χ1n) is 8.94. The average molecular weight is 375 g/mol. The summed E-state index contributed by atoms with van der Waals surface area (Å²) < 4.78 is 0. The maximum Gasteiger partial charge on any atom is 0.269 e. The van der Waals surface area contributed by atoms with E-state index < -0.39 is 11.0 Å². The highest BCUT2D eigenvalue weighted by Crippen LogP contribution is 2.16. The predicted octanol–water partition coefficient (Wildman–Crippen LogP) is 4.21. The van der Waals surface area contributed by atoms with Crippen LogP contribution in [0, 0.1) is 10.1 Å². The van der Waals surface area contributed by atoms with Crippen molar-refractivity contribution < 1.29 is 10.0 Å². The van der Waals surface area contributed by atoms with E-state index in [0.717, 1.165) is 11.1 Å². The number of nitro groups is 1. The molecule has 3 rings (SSSR count). The van der Waals surface area contributed by atoms with Gasteiger partial charge in [0.1, 0.15) is 0 Å². The van der Waals surface area contributed by atoms with E-state index in [2.05, 4.69) is 10.5 Å². The van der Waals surface area contributed by atoms with Crippen LogP contribution in [0.25, 0.3) is 0 Å². The Morgan fingerprint density at radius 2 is 1.50 bits per heavy atom. The van der Waals surface area contributed by atoms with Crippen molar-refractivity contribution in [3.8, 4) is 0 Å². The van der Waals surface area contributed by atoms with E-state index in [1.165, 1.54) is 12.1 Å². The third-order valence-corrected chi connectivity index (χ3v) is 4.29. The van der Waals surface area contributed by atoms with Crippen LogP contribution in [0.5, 0.6) is 0 Å². The first-order valence-corrected chi connectivity index (χ1v) is 8.94. The number of hydrogen-bond acceptors (Lipinski definition) is 5. The number of nitrogens with zero attached hydrogens (tertiary/aromatic N) is 2. The van der Waals surface area contributed by atoms with Gasteiger partial charge in [0, 0.05) is 25.0 Å². The van der Waals surface area contributed by atoms with Crippen LogP contribution in [0.1, 0.15) is 11.1 Å². The number of aliphatic hydroxyl groups excluding tert-OH is 1. The highest BCUT2D eigenvalue weighted by atomic mass is 16.6. The summed E-state index contributed by atoms with van der Waals surface area (Å²) in [5.74, 6) is 0. The van der Waals surface area contributed by atoms with Gasteiger partial charge in [0.25, 0.3) is 5.69 Å². The first-order chi connectivity index (χ1) is 13.6. The second-order valence-electron chi connectivity index (χ2n) is 6.39. The van der Waals surface area contributed by atoms with Gasteiger partial charge in [-0.25, -0.2) is 0 Å². The fourth-order valence-corrected chi connectivity index (χ4v) is 2.79. The molecule has 0 aliphatic carbocycles. The zero-order valence-corrected chi connectivity index (χ0v) is 15.2. The van der Waals surface area contributed by atoms with Crippen molar-refractivity contribution in [2.45, 2.75) is 18.9 Å². The molecular formula is C22H21N3O3. The zero-order chi connectivity index (χ0) is 19.8. The summed E-state index contributed by atoms with van der Waals surface area (Å²) in [5, 5.41) is 25.9. The van der Waals surface area contributed by atoms with Gasteiger partial charge in [-0.05, 0) is 23.3 Å². The van der Waals surface area contributed by atoms with Crippen molar-refractivity contribution in [3.63, 3.8) is 0 Å². The molecule has 142 valence electrons. The molecule has 0 saturated carbocycles. The molecule has 0 aromatic heterocycles. The Balaban J connectivity index is 1.78. The van der Waals surface area contributed by atoms with E-state index in [1.807, 2.05) is 60.7 Å². The van der Waals surface area contributed by atoms with Crippen molar-refractivity contribution in [1.29, 1.82) is 0 Å². The van der Waals surface area contributed by atoms with Crippen LogP contribution in [0.4, 0.5) is 11.4 Å². The normalized spacial score (nSPS) is 12.4. The van der Waals surface area contributed by atoms with Crippen LogP contribution < -0.4 is 5.43 Å². The third-order valence-electron chi connectivity index (χ3n) is 4.29. The number of hydrogen-bond donors (Lipinski definition) is 2. The summed E-state index contributed by atoms with van der Waals surface area (Å²) in [7, 11) is 0. The number of rotatable bonds is 8. The van der Waals surface area contributed by atoms with Gasteiger partial charge in [0.15, 0.2) is 0 Å². The molecule has 0 aliphatic rings. The molecule has 0 spiro atoms. The summed E-state index contributed by atoms with van der Waals surface area (Å²) in [6.45, 7) is 0. The number of benzene rings is 3. The van der Waals surface area contributed by atoms with Crippen molar-refractivity contribution in [2.24, 2.45) is 5.10 Å². The van der Waals surface area contributed by atoms with E-state index in [0.29, 0.717) is 24.2 Å². The number of hydrazone groups is 1. The van der Waals surface area contributed by atoms with Gasteiger partial charge in [-0.3, -0.25) is 15.5 Å². The molecule has 0 fully saturated rings. The van der Waals surface area contributed by atoms with Gasteiger partial charge in [-0.1, -0.05) is 60.7 Å². The van der Waals surface area contributed by atoms with Crippen LogP contribution in [0.15, 0.2) is 90.0 Å². The predicted molar refractivity (Wildman–Crippen MR) is 110 cm³/mol. The van der Waals surface area contributed by atoms with Gasteiger partial charge in [-0.15, -0.1) is 0 Å². The summed E-state index contributed by atoms with van der Waals surface area (Å²) in [4.78, 5) is 10.3. The van der Waals surface area contributed by atoms with E-state index in [4.69, 9.17) is 0 Å². The van der Waals surface area contributed by atoms with Crippen molar-refractivity contribution in [2.75, 3.05) is 5.43 Å². The Morgan fingerprint density at radius 3 is 2.07 bits per heavy atom. The zero-order valence-electron chi connectivity index (χ0n) is 15.2. The summed E-state index contributed by atoms with van der Waals surface area (Å²) in [5.41, 5.74) is 6.19. The summed E-state index contributed by atoms with van der Waals surface area (Å²) in [6.07, 6.45) is 0.191.